The molecule has 150 valence electrons. The second-order valence-corrected chi connectivity index (χ2v) is 8.37. The minimum atomic E-state index is -0.301. The monoisotopic (exact) mass is 405 g/mol. The first-order valence-electron chi connectivity index (χ1n) is 9.04. The van der Waals surface area contributed by atoms with Gasteiger partial charge in [0, 0.05) is 31.1 Å². The Bertz CT molecular complexity index is 512. The van der Waals surface area contributed by atoms with Gasteiger partial charge in [-0.3, -0.25) is 19.3 Å². The van der Waals surface area contributed by atoms with Gasteiger partial charge < -0.3 is 10.7 Å². The highest BCUT2D eigenvalue weighted by molar-refractivity contribution is 8.00. The van der Waals surface area contributed by atoms with Crippen LogP contribution >= 0.6 is 24.2 Å². The lowest BCUT2D eigenvalue weighted by Gasteiger charge is -2.15. The van der Waals surface area contributed by atoms with E-state index in [0.717, 1.165) is 24.3 Å². The number of amides is 3. The van der Waals surface area contributed by atoms with Crippen LogP contribution in [0.25, 0.3) is 0 Å². The first-order chi connectivity index (χ1) is 11.7. The molecule has 1 aliphatic rings. The standard InChI is InChI=1S/C18H31N3O3S.ClH/c1-12(2)14(19)7-6-10-25-15-11-17(23)21(18(15)24)9-5-8-16(22)20-13(3)4;/h12-13,15,19H,5-11H2,1-4H3,(H,20,22);1H. The van der Waals surface area contributed by atoms with E-state index in [1.807, 2.05) is 27.7 Å². The van der Waals surface area contributed by atoms with E-state index in [4.69, 9.17) is 5.41 Å². The van der Waals surface area contributed by atoms with Gasteiger partial charge in [-0.05, 0) is 44.8 Å². The highest BCUT2D eigenvalue weighted by Gasteiger charge is 2.38. The molecule has 0 radical (unpaired) electrons. The molecule has 0 spiro atoms. The second kappa shape index (κ2) is 12.3. The predicted octanol–water partition coefficient (Wildman–Crippen LogP) is 3.03. The van der Waals surface area contributed by atoms with Gasteiger partial charge in [0.15, 0.2) is 0 Å². The van der Waals surface area contributed by atoms with Gasteiger partial charge in [-0.25, -0.2) is 0 Å². The van der Waals surface area contributed by atoms with Crippen LogP contribution in [0.3, 0.4) is 0 Å². The molecule has 8 heteroatoms. The molecule has 0 aromatic carbocycles. The number of halogens is 1. The molecule has 26 heavy (non-hydrogen) atoms. The third-order valence-corrected chi connectivity index (χ3v) is 5.34. The summed E-state index contributed by atoms with van der Waals surface area (Å²) in [6, 6.07) is 0.0977. The lowest BCUT2D eigenvalue weighted by Crippen LogP contribution is -2.34. The lowest BCUT2D eigenvalue weighted by atomic mass is 10.0. The Balaban J connectivity index is 0.00000625. The van der Waals surface area contributed by atoms with Crippen LogP contribution in [-0.2, 0) is 14.4 Å². The summed E-state index contributed by atoms with van der Waals surface area (Å²) >= 11 is 1.51. The zero-order valence-electron chi connectivity index (χ0n) is 16.2. The van der Waals surface area contributed by atoms with Crippen LogP contribution in [0.4, 0.5) is 0 Å². The average molecular weight is 406 g/mol. The van der Waals surface area contributed by atoms with Gasteiger partial charge in [0.25, 0.3) is 0 Å². The SMILES string of the molecule is CC(C)NC(=O)CCCN1C(=O)CC(SCCCC(=N)C(C)C)C1=O.Cl. The third kappa shape index (κ3) is 8.54. The molecule has 1 fully saturated rings. The summed E-state index contributed by atoms with van der Waals surface area (Å²) in [6.45, 7) is 8.13. The van der Waals surface area contributed by atoms with Crippen LogP contribution in [-0.4, -0.2) is 51.9 Å². The van der Waals surface area contributed by atoms with E-state index in [1.54, 1.807) is 0 Å². The minimum Gasteiger partial charge on any atom is -0.354 e. The molecule has 0 bridgehead atoms. The number of nitrogens with zero attached hydrogens (tertiary/aromatic N) is 1. The number of likely N-dealkylation sites (tertiary alicyclic amines) is 1. The first kappa shape index (κ1) is 24.9. The van der Waals surface area contributed by atoms with Crippen molar-refractivity contribution in [3.63, 3.8) is 0 Å². The van der Waals surface area contributed by atoms with Gasteiger partial charge in [0.05, 0.1) is 5.25 Å². The van der Waals surface area contributed by atoms with Crippen molar-refractivity contribution in [1.82, 2.24) is 10.2 Å². The molecule has 1 aliphatic heterocycles. The zero-order chi connectivity index (χ0) is 19.0. The normalized spacial score (nSPS) is 17.0. The molecule has 2 N–H and O–H groups in total. The molecule has 1 atom stereocenters. The Morgan fingerprint density at radius 2 is 1.88 bits per heavy atom. The summed E-state index contributed by atoms with van der Waals surface area (Å²) < 4.78 is 0. The smallest absolute Gasteiger partial charge is 0.242 e. The Hall–Kier alpha value is -1.08. The van der Waals surface area contributed by atoms with E-state index in [9.17, 15) is 14.4 Å². The van der Waals surface area contributed by atoms with Crippen molar-refractivity contribution in [1.29, 1.82) is 5.41 Å². The van der Waals surface area contributed by atoms with Crippen molar-refractivity contribution in [3.05, 3.63) is 0 Å². The summed E-state index contributed by atoms with van der Waals surface area (Å²) in [5, 5.41) is 10.3. The molecule has 0 aromatic rings. The van der Waals surface area contributed by atoms with Crippen molar-refractivity contribution in [2.75, 3.05) is 12.3 Å². The fraction of sp³-hybridized carbons (Fsp3) is 0.778. The van der Waals surface area contributed by atoms with Crippen LogP contribution in [0.1, 0.15) is 59.8 Å². The van der Waals surface area contributed by atoms with Crippen LogP contribution < -0.4 is 5.32 Å². The molecule has 1 saturated heterocycles. The Morgan fingerprint density at radius 1 is 1.23 bits per heavy atom. The van der Waals surface area contributed by atoms with Gasteiger partial charge in [-0.1, -0.05) is 13.8 Å². The second-order valence-electron chi connectivity index (χ2n) is 7.06. The number of carbonyl (C=O) groups excluding carboxylic acids is 3. The largest absolute Gasteiger partial charge is 0.354 e. The van der Waals surface area contributed by atoms with E-state index < -0.39 is 0 Å². The first-order valence-corrected chi connectivity index (χ1v) is 10.1. The van der Waals surface area contributed by atoms with Crippen molar-refractivity contribution >= 4 is 47.6 Å². The topological polar surface area (TPSA) is 90.3 Å². The van der Waals surface area contributed by atoms with Crippen molar-refractivity contribution in [2.24, 2.45) is 5.92 Å². The van der Waals surface area contributed by atoms with E-state index >= 15 is 0 Å². The van der Waals surface area contributed by atoms with E-state index in [1.165, 1.54) is 16.7 Å². The minimum absolute atomic E-state index is 0. The van der Waals surface area contributed by atoms with Crippen molar-refractivity contribution in [3.8, 4) is 0 Å². The lowest BCUT2D eigenvalue weighted by molar-refractivity contribution is -0.138. The Labute approximate surface area is 167 Å². The average Bonchev–Trinajstić information content (AvgIpc) is 2.77. The van der Waals surface area contributed by atoms with Crippen molar-refractivity contribution in [2.45, 2.75) is 71.1 Å². The van der Waals surface area contributed by atoms with Gasteiger partial charge in [-0.2, -0.15) is 0 Å². The Kier molecular flexibility index (Phi) is 11.8. The van der Waals surface area contributed by atoms with Gasteiger partial charge in [0.2, 0.25) is 17.7 Å². The van der Waals surface area contributed by atoms with Gasteiger partial charge in [-0.15, -0.1) is 24.2 Å². The summed E-state index contributed by atoms with van der Waals surface area (Å²) in [4.78, 5) is 37.3. The van der Waals surface area contributed by atoms with Crippen LogP contribution in [0.5, 0.6) is 0 Å². The fourth-order valence-corrected chi connectivity index (χ4v) is 3.71. The van der Waals surface area contributed by atoms with E-state index in [-0.39, 0.29) is 53.8 Å². The number of carbonyl (C=O) groups is 3. The Morgan fingerprint density at radius 3 is 2.46 bits per heavy atom. The number of nitrogens with one attached hydrogen (secondary N) is 2. The maximum atomic E-state index is 12.3. The molecule has 6 nitrogen and oxygen atoms in total. The molecule has 3 amide bonds. The molecule has 1 unspecified atom stereocenters. The van der Waals surface area contributed by atoms with E-state index in [2.05, 4.69) is 5.32 Å². The molecule has 0 aliphatic carbocycles. The summed E-state index contributed by atoms with van der Waals surface area (Å²) in [7, 11) is 0. The molecule has 1 heterocycles. The van der Waals surface area contributed by atoms with Crippen LogP contribution in [0.15, 0.2) is 0 Å². The number of hydrogen-bond acceptors (Lipinski definition) is 5. The third-order valence-electron chi connectivity index (χ3n) is 4.04. The molecular weight excluding hydrogens is 374 g/mol. The number of rotatable bonds is 11. The molecule has 1 rings (SSSR count). The maximum absolute atomic E-state index is 12.3. The van der Waals surface area contributed by atoms with Gasteiger partial charge >= 0.3 is 0 Å². The molecular formula is C18H32ClN3O3S. The summed E-state index contributed by atoms with van der Waals surface area (Å²) in [5.41, 5.74) is 0.732. The molecule has 0 saturated carbocycles. The quantitative estimate of drug-likeness (QED) is 0.314. The van der Waals surface area contributed by atoms with Crippen molar-refractivity contribution < 1.29 is 14.4 Å². The van der Waals surface area contributed by atoms with Crippen LogP contribution in [0.2, 0.25) is 0 Å². The fourth-order valence-electron chi connectivity index (χ4n) is 2.59. The van der Waals surface area contributed by atoms with Crippen LogP contribution in [0, 0.1) is 11.3 Å². The van der Waals surface area contributed by atoms with Gasteiger partial charge in [0.1, 0.15) is 0 Å². The summed E-state index contributed by atoms with van der Waals surface area (Å²) in [5.74, 6) is 0.735. The highest BCUT2D eigenvalue weighted by Crippen LogP contribution is 2.26. The number of imide groups is 1. The highest BCUT2D eigenvalue weighted by atomic mass is 35.5. The zero-order valence-corrected chi connectivity index (χ0v) is 17.8. The van der Waals surface area contributed by atoms with E-state index in [0.29, 0.717) is 19.4 Å². The number of thioether (sulfide) groups is 1. The number of hydrogen-bond donors (Lipinski definition) is 2. The predicted molar refractivity (Wildman–Crippen MR) is 109 cm³/mol. The maximum Gasteiger partial charge on any atom is 0.242 e. The molecule has 0 aromatic heterocycles. The summed E-state index contributed by atoms with van der Waals surface area (Å²) in [6.07, 6.45) is 2.68.